The van der Waals surface area contributed by atoms with E-state index < -0.39 is 53.5 Å². The van der Waals surface area contributed by atoms with Gasteiger partial charge in [-0.05, 0) is 0 Å². The molecule has 3 rings (SSSR count). The van der Waals surface area contributed by atoms with E-state index in [1.165, 1.54) is 9.80 Å². The number of rotatable bonds is 2. The molecule has 0 aromatic rings. The van der Waals surface area contributed by atoms with Gasteiger partial charge in [0, 0.05) is 0 Å². The predicted molar refractivity (Wildman–Crippen MR) is 61.9 cm³/mol. The minimum atomic E-state index is -3.93. The average Bonchev–Trinajstić information content (AvgIpc) is 2.35. The molecule has 0 spiro atoms. The van der Waals surface area contributed by atoms with E-state index in [9.17, 15) is 24.3 Å². The van der Waals surface area contributed by atoms with Gasteiger partial charge in [0.25, 0.3) is 0 Å². The molecule has 0 radical (unpaired) electrons. The Morgan fingerprint density at radius 2 is 1.50 bits per heavy atom. The van der Waals surface area contributed by atoms with Crippen LogP contribution in [0.3, 0.4) is 0 Å². The summed E-state index contributed by atoms with van der Waals surface area (Å²) in [6.45, 7) is -0.683. The van der Waals surface area contributed by atoms with Crippen LogP contribution in [-0.2, 0) is 27.6 Å². The zero-order chi connectivity index (χ0) is 15.4. The number of carboxylic acid groups (broad SMARTS) is 1. The number of hydrogen-bond donors (Lipinski definition) is 0. The molecule has 22 heavy (non-hydrogen) atoms. The van der Waals surface area contributed by atoms with Gasteiger partial charge in [0.05, 0.1) is 0 Å². The molecule has 3 fully saturated rings. The maximum atomic E-state index is 11.7. The maximum Gasteiger partial charge on any atom is 1.00 e. The molecule has 0 saturated carbocycles. The Morgan fingerprint density at radius 1 is 1.00 bits per heavy atom. The third kappa shape index (κ3) is 6.43. The number of hydrogen-bond acceptors (Lipinski definition) is 10. The van der Waals surface area contributed by atoms with Crippen LogP contribution in [0.4, 0.5) is 0 Å². The van der Waals surface area contributed by atoms with Crippen LogP contribution in [0.1, 0.15) is 0 Å². The largest absolute Gasteiger partial charge is 1.00 e. The summed E-state index contributed by atoms with van der Waals surface area (Å²) in [4.78, 5) is 48.3. The third-order valence-corrected chi connectivity index (χ3v) is 6.79. The summed E-state index contributed by atoms with van der Waals surface area (Å²) < 4.78 is 14.7. The first-order chi connectivity index (χ1) is 9.92. The minimum absolute atomic E-state index is 0. The van der Waals surface area contributed by atoms with Crippen LogP contribution in [-0.4, -0.2) is 96.0 Å². The van der Waals surface area contributed by atoms with Crippen molar-refractivity contribution in [3.05, 3.63) is 0 Å². The first-order valence-corrected chi connectivity index (χ1v) is 10.3. The SMILES string of the molecule is O=C([O-])CN1CCN2CC(=O)[O][Bi]([O]C(=O)C1)[O]C(=O)C2.[Na+]. The van der Waals surface area contributed by atoms with Crippen molar-refractivity contribution in [2.75, 3.05) is 39.3 Å². The Balaban J connectivity index is 0.00000242. The molecule has 3 aliphatic rings. The summed E-state index contributed by atoms with van der Waals surface area (Å²) in [5.74, 6) is -3.37. The van der Waals surface area contributed by atoms with Gasteiger partial charge in [-0.2, -0.15) is 0 Å². The van der Waals surface area contributed by atoms with Gasteiger partial charge in [0.15, 0.2) is 0 Å². The molecule has 3 saturated heterocycles. The summed E-state index contributed by atoms with van der Waals surface area (Å²) >= 11 is -3.93. The van der Waals surface area contributed by atoms with Crippen molar-refractivity contribution in [1.82, 2.24) is 9.80 Å². The normalized spacial score (nSPS) is 21.7. The van der Waals surface area contributed by atoms with E-state index in [1.807, 2.05) is 0 Å². The first kappa shape index (κ1) is 19.7. The van der Waals surface area contributed by atoms with Gasteiger partial charge in [0.2, 0.25) is 0 Å². The van der Waals surface area contributed by atoms with E-state index >= 15 is 0 Å². The second kappa shape index (κ2) is 9.09. The number of carboxylic acids is 1. The topological polar surface area (TPSA) is 126 Å². The molecule has 3 heterocycles. The van der Waals surface area contributed by atoms with Crippen molar-refractivity contribution in [3.63, 3.8) is 0 Å². The number of aliphatic carboxylic acids is 1. The van der Waals surface area contributed by atoms with E-state index in [0.717, 1.165) is 0 Å². The molecule has 12 heteroatoms. The standard InChI is InChI=1S/C10H16N2O8.Bi.Na/c13-7(14)3-11(4-8(15)16)1-2-12(5-9(17)18)6-10(19)20;;/h1-6H2,(H,13,14)(H,15,16)(H,17,18)(H,19,20);;/q;+3;+1/p-4. The van der Waals surface area contributed by atoms with Crippen molar-refractivity contribution in [1.29, 1.82) is 0 Å². The molecule has 0 aromatic heterocycles. The number of fused-ring (bicyclic) bond motifs is 9. The number of carbonyl (C=O) groups excluding carboxylic acids is 4. The summed E-state index contributed by atoms with van der Waals surface area (Å²) in [7, 11) is 0. The fourth-order valence-electron chi connectivity index (χ4n) is 1.83. The third-order valence-electron chi connectivity index (χ3n) is 2.67. The number of nitrogens with zero attached hydrogens (tertiary/aromatic N) is 2. The van der Waals surface area contributed by atoms with E-state index in [2.05, 4.69) is 0 Å². The van der Waals surface area contributed by atoms with Crippen LogP contribution >= 0.6 is 0 Å². The summed E-state index contributed by atoms with van der Waals surface area (Å²) in [6.07, 6.45) is 0. The van der Waals surface area contributed by atoms with Crippen molar-refractivity contribution in [3.8, 4) is 0 Å². The smallest absolute Gasteiger partial charge is 1.00 e. The molecule has 2 bridgehead atoms. The summed E-state index contributed by atoms with van der Waals surface area (Å²) in [5.41, 5.74) is 0. The Hall–Kier alpha value is -0.317. The van der Waals surface area contributed by atoms with Gasteiger partial charge in [-0.1, -0.05) is 0 Å². The van der Waals surface area contributed by atoms with Crippen LogP contribution in [0, 0.1) is 0 Å². The van der Waals surface area contributed by atoms with Crippen LogP contribution in [0.25, 0.3) is 0 Å². The maximum absolute atomic E-state index is 11.7. The van der Waals surface area contributed by atoms with Crippen molar-refractivity contribution in [2.45, 2.75) is 0 Å². The Labute approximate surface area is 157 Å². The Morgan fingerprint density at radius 3 is 2.00 bits per heavy atom. The van der Waals surface area contributed by atoms with Gasteiger partial charge in [-0.3, -0.25) is 0 Å². The van der Waals surface area contributed by atoms with Gasteiger partial charge in [0.1, 0.15) is 0 Å². The molecule has 3 aliphatic heterocycles. The first-order valence-electron chi connectivity index (χ1n) is 5.99. The molecule has 10 nitrogen and oxygen atoms in total. The molecular weight excluding hydrogens is 508 g/mol. The zero-order valence-electron chi connectivity index (χ0n) is 11.9. The van der Waals surface area contributed by atoms with Gasteiger partial charge < -0.3 is 0 Å². The van der Waals surface area contributed by atoms with Crippen LogP contribution < -0.4 is 34.7 Å². The van der Waals surface area contributed by atoms with E-state index in [1.54, 1.807) is 0 Å². The average molecular weight is 520 g/mol. The van der Waals surface area contributed by atoms with Gasteiger partial charge in [-0.25, -0.2) is 0 Å². The minimum Gasteiger partial charge on any atom is 1.00 e. The van der Waals surface area contributed by atoms with Crippen LogP contribution in [0.5, 0.6) is 0 Å². The van der Waals surface area contributed by atoms with Crippen molar-refractivity contribution < 1.29 is 62.3 Å². The monoisotopic (exact) mass is 520 g/mol. The number of carbonyl (C=O) groups is 4. The molecule has 0 aromatic carbocycles. The zero-order valence-corrected chi connectivity index (χ0v) is 17.3. The van der Waals surface area contributed by atoms with Crippen LogP contribution in [0.15, 0.2) is 0 Å². The summed E-state index contributed by atoms with van der Waals surface area (Å²) in [6, 6.07) is 0. The van der Waals surface area contributed by atoms with Gasteiger partial charge >= 0.3 is 158 Å². The fraction of sp³-hybridized carbons (Fsp3) is 0.600. The van der Waals surface area contributed by atoms with E-state index in [0.29, 0.717) is 0 Å². The molecular formula is C10H12BiN2NaO8. The quantitative estimate of drug-likeness (QED) is 0.325. The van der Waals surface area contributed by atoms with E-state index in [-0.39, 0.29) is 62.3 Å². The molecule has 116 valence electrons. The molecule has 0 unspecified atom stereocenters. The predicted octanol–water partition coefficient (Wildman–Crippen LogP) is -7.01. The Bertz CT molecular complexity index is 456. The second-order valence-corrected chi connectivity index (χ2v) is 8.27. The summed E-state index contributed by atoms with van der Waals surface area (Å²) in [5, 5.41) is 10.7. The van der Waals surface area contributed by atoms with Crippen molar-refractivity contribution >= 4 is 46.9 Å². The van der Waals surface area contributed by atoms with E-state index in [4.69, 9.17) is 8.44 Å². The van der Waals surface area contributed by atoms with Crippen molar-refractivity contribution in [2.24, 2.45) is 0 Å². The second-order valence-electron chi connectivity index (χ2n) is 4.41. The Kier molecular flexibility index (Phi) is 8.16. The van der Waals surface area contributed by atoms with Crippen LogP contribution in [0.2, 0.25) is 0 Å². The molecule has 0 amide bonds. The van der Waals surface area contributed by atoms with Gasteiger partial charge in [-0.15, -0.1) is 0 Å². The molecule has 0 atom stereocenters. The molecule has 0 aliphatic carbocycles. The fourth-order valence-corrected chi connectivity index (χ4v) is 4.88. The molecule has 0 N–H and O–H groups in total.